The fraction of sp³-hybridized carbons (Fsp3) is 0. The van der Waals surface area contributed by atoms with Crippen LogP contribution in [0.25, 0.3) is 16.8 Å². The van der Waals surface area contributed by atoms with Crippen molar-refractivity contribution in [1.29, 1.82) is 0 Å². The first kappa shape index (κ1) is 23.8. The Labute approximate surface area is 242 Å². The van der Waals surface area contributed by atoms with E-state index in [1.165, 1.54) is 0 Å². The maximum absolute atomic E-state index is 13.4. The van der Waals surface area contributed by atoms with E-state index < -0.39 is 0 Å². The molecule has 5 nitrogen and oxygen atoms in total. The number of nitrogens with zero attached hydrogens (tertiary/aromatic N) is 3. The molecule has 0 saturated heterocycles. The molecule has 0 atom stereocenters. The number of Topliss-reactive ketones (excluding diaryl/α,β-unsaturated/α-hetero) is 2. The third-order valence-corrected chi connectivity index (χ3v) is 9.72. The van der Waals surface area contributed by atoms with E-state index in [4.69, 9.17) is 4.98 Å². The Morgan fingerprint density at radius 1 is 0.610 bits per heavy atom. The molecule has 0 fully saturated rings. The molecule has 6 aromatic rings. The number of hydrogen-bond acceptors (Lipinski definition) is 5. The predicted molar refractivity (Wildman–Crippen MR) is 165 cm³/mol. The second kappa shape index (κ2) is 9.27. The summed E-state index contributed by atoms with van der Waals surface area (Å²) in [6.45, 7) is 0. The predicted octanol–water partition coefficient (Wildman–Crippen LogP) is 8.01. The summed E-state index contributed by atoms with van der Waals surface area (Å²) < 4.78 is 2.06. The van der Waals surface area contributed by atoms with E-state index in [2.05, 4.69) is 52.3 Å². The van der Waals surface area contributed by atoms with E-state index in [9.17, 15) is 9.59 Å². The summed E-state index contributed by atoms with van der Waals surface area (Å²) in [4.78, 5) is 36.0. The van der Waals surface area contributed by atoms with E-state index in [1.807, 2.05) is 79.0 Å². The summed E-state index contributed by atoms with van der Waals surface area (Å²) in [6, 6.07) is 38.3. The molecule has 194 valence electrons. The van der Waals surface area contributed by atoms with Crippen molar-refractivity contribution in [3.8, 4) is 0 Å². The van der Waals surface area contributed by atoms with Crippen molar-refractivity contribution in [3.63, 3.8) is 0 Å². The fourth-order valence-corrected chi connectivity index (χ4v) is 7.75. The van der Waals surface area contributed by atoms with Gasteiger partial charge in [-0.2, -0.15) is 0 Å². The zero-order valence-electron chi connectivity index (χ0n) is 21.7. The van der Waals surface area contributed by atoms with E-state index in [0.717, 1.165) is 48.3 Å². The zero-order chi connectivity index (χ0) is 27.5. The van der Waals surface area contributed by atoms with Crippen LogP contribution in [0.2, 0.25) is 0 Å². The Kier molecular flexibility index (Phi) is 5.39. The van der Waals surface area contributed by atoms with Crippen molar-refractivity contribution in [2.24, 2.45) is 0 Å². The minimum absolute atomic E-state index is 0.149. The van der Waals surface area contributed by atoms with Crippen molar-refractivity contribution in [3.05, 3.63) is 143 Å². The van der Waals surface area contributed by atoms with Crippen LogP contribution in [-0.4, -0.2) is 31.1 Å². The van der Waals surface area contributed by atoms with Crippen molar-refractivity contribution < 1.29 is 9.59 Å². The monoisotopic (exact) mass is 595 g/mol. The molecule has 0 bridgehead atoms. The zero-order valence-corrected chi connectivity index (χ0v) is 23.4. The molecular formula is C35H21N3O2Se. The number of aromatic nitrogens is 1. The Balaban J connectivity index is 1.21. The van der Waals surface area contributed by atoms with Gasteiger partial charge in [-0.25, -0.2) is 0 Å². The van der Waals surface area contributed by atoms with Crippen molar-refractivity contribution in [1.82, 2.24) is 4.98 Å². The van der Waals surface area contributed by atoms with Crippen LogP contribution in [0.3, 0.4) is 0 Å². The number of pyridine rings is 1. The molecule has 41 heavy (non-hydrogen) atoms. The molecule has 0 amide bonds. The first-order chi connectivity index (χ1) is 20.2. The number of ketones is 2. The first-order valence-corrected chi connectivity index (χ1v) is 15.0. The second-order valence-corrected chi connectivity index (χ2v) is 12.3. The first-order valence-electron chi connectivity index (χ1n) is 13.3. The summed E-state index contributed by atoms with van der Waals surface area (Å²) in [5, 5.41) is 1.92. The maximum atomic E-state index is 13.4. The SMILES string of the molecule is O=C1C(=Cc2ccc(N3c4ccccc4N(c4ccccc4)c4cccnc43)[se]2)C(=O)c2cc3ccccc3cc21. The molecule has 2 aliphatic rings. The normalized spacial score (nSPS) is 13.8. The van der Waals surface area contributed by atoms with Gasteiger partial charge in [0.1, 0.15) is 0 Å². The summed E-state index contributed by atoms with van der Waals surface area (Å²) in [5.74, 6) is 0.446. The van der Waals surface area contributed by atoms with Crippen LogP contribution in [-0.2, 0) is 0 Å². The third-order valence-electron chi connectivity index (χ3n) is 7.58. The number of allylic oxidation sites excluding steroid dienone is 1. The van der Waals surface area contributed by atoms with Crippen LogP contribution in [0.5, 0.6) is 0 Å². The van der Waals surface area contributed by atoms with Crippen LogP contribution >= 0.6 is 0 Å². The number of fused-ring (bicyclic) bond motifs is 4. The molecule has 4 aromatic carbocycles. The van der Waals surface area contributed by atoms with Gasteiger partial charge < -0.3 is 0 Å². The molecule has 3 heterocycles. The summed E-state index contributed by atoms with van der Waals surface area (Å²) in [6.07, 6.45) is 3.61. The van der Waals surface area contributed by atoms with Crippen LogP contribution in [0, 0.1) is 0 Å². The molecule has 1 aliphatic heterocycles. The van der Waals surface area contributed by atoms with E-state index in [1.54, 1.807) is 6.08 Å². The number of carbonyl (C=O) groups is 2. The average molecular weight is 595 g/mol. The van der Waals surface area contributed by atoms with Crippen molar-refractivity contribution >= 4 is 76.0 Å². The average Bonchev–Trinajstić information content (AvgIpc) is 3.57. The van der Waals surface area contributed by atoms with E-state index >= 15 is 0 Å². The number of hydrogen-bond donors (Lipinski definition) is 0. The van der Waals surface area contributed by atoms with Crippen LogP contribution < -0.4 is 9.80 Å². The second-order valence-electron chi connectivity index (χ2n) is 9.98. The number of anilines is 6. The Bertz CT molecular complexity index is 1960. The molecule has 8 rings (SSSR count). The van der Waals surface area contributed by atoms with Gasteiger partial charge in [-0.1, -0.05) is 0 Å². The van der Waals surface area contributed by atoms with E-state index in [0.29, 0.717) is 11.1 Å². The van der Waals surface area contributed by atoms with Crippen LogP contribution in [0.15, 0.2) is 127 Å². The van der Waals surface area contributed by atoms with Gasteiger partial charge in [0.25, 0.3) is 0 Å². The number of rotatable bonds is 3. The fourth-order valence-electron chi connectivity index (χ4n) is 5.72. The Morgan fingerprint density at radius 2 is 1.22 bits per heavy atom. The van der Waals surface area contributed by atoms with Gasteiger partial charge in [-0.15, -0.1) is 0 Å². The van der Waals surface area contributed by atoms with Gasteiger partial charge in [-0.05, 0) is 0 Å². The molecule has 0 unspecified atom stereocenters. The van der Waals surface area contributed by atoms with Crippen LogP contribution in [0.4, 0.5) is 33.1 Å². The van der Waals surface area contributed by atoms with Gasteiger partial charge >= 0.3 is 243 Å². The van der Waals surface area contributed by atoms with Gasteiger partial charge in [0.15, 0.2) is 0 Å². The van der Waals surface area contributed by atoms with Crippen molar-refractivity contribution in [2.75, 3.05) is 9.80 Å². The van der Waals surface area contributed by atoms with E-state index in [-0.39, 0.29) is 31.6 Å². The molecule has 0 radical (unpaired) electrons. The molecule has 2 aromatic heterocycles. The van der Waals surface area contributed by atoms with Gasteiger partial charge in [0.05, 0.1) is 0 Å². The number of benzene rings is 4. The van der Waals surface area contributed by atoms with Crippen molar-refractivity contribution in [2.45, 2.75) is 0 Å². The quantitative estimate of drug-likeness (QED) is 0.118. The summed E-state index contributed by atoms with van der Waals surface area (Å²) >= 11 is -0.149. The topological polar surface area (TPSA) is 53.5 Å². The Morgan fingerprint density at radius 3 is 1.93 bits per heavy atom. The Hall–Kier alpha value is -5.03. The van der Waals surface area contributed by atoms with Gasteiger partial charge in [0.2, 0.25) is 0 Å². The molecule has 0 N–H and O–H groups in total. The third kappa shape index (κ3) is 3.73. The molecule has 0 spiro atoms. The summed E-state index contributed by atoms with van der Waals surface area (Å²) in [5.41, 5.74) is 5.37. The summed E-state index contributed by atoms with van der Waals surface area (Å²) in [7, 11) is 0. The minimum atomic E-state index is -0.199. The molecule has 6 heteroatoms. The molecular weight excluding hydrogens is 573 g/mol. The number of carbonyl (C=O) groups excluding carboxylic acids is 2. The molecule has 1 aliphatic carbocycles. The van der Waals surface area contributed by atoms with Gasteiger partial charge in [-0.3, -0.25) is 0 Å². The molecule has 0 saturated carbocycles. The number of para-hydroxylation sites is 3. The van der Waals surface area contributed by atoms with Crippen LogP contribution in [0.1, 0.15) is 25.2 Å². The van der Waals surface area contributed by atoms with Gasteiger partial charge in [0, 0.05) is 0 Å². The standard InChI is InChI=1S/C35H21N3O2Se/c39-33-26-19-22-9-4-5-10-23(22)20-27(26)34(40)28(33)21-25-16-17-32(41-25)38-30-14-7-6-13-29(30)37(24-11-2-1-3-12-24)31-15-8-18-36-35(31)38/h1-21H.